The molecular formula is C21H25NO4. The maximum absolute atomic E-state index is 12.5. The fourth-order valence-corrected chi connectivity index (χ4v) is 2.51. The molecule has 0 fully saturated rings. The lowest BCUT2D eigenvalue weighted by Crippen LogP contribution is -2.30. The Bertz CT molecular complexity index is 814. The number of carbonyl (C=O) groups is 2. The first kappa shape index (κ1) is 19.5. The number of anilines is 1. The molecule has 0 saturated carbocycles. The van der Waals surface area contributed by atoms with Crippen molar-refractivity contribution >= 4 is 17.6 Å². The van der Waals surface area contributed by atoms with E-state index in [0.29, 0.717) is 23.6 Å². The number of rotatable bonds is 6. The van der Waals surface area contributed by atoms with Crippen LogP contribution in [0.1, 0.15) is 40.9 Å². The van der Waals surface area contributed by atoms with E-state index in [0.717, 1.165) is 16.7 Å². The molecule has 0 aromatic heterocycles. The molecule has 1 N–H and O–H groups in total. The van der Waals surface area contributed by atoms with Crippen LogP contribution in [0.4, 0.5) is 5.69 Å². The predicted octanol–water partition coefficient (Wildman–Crippen LogP) is 4.19. The van der Waals surface area contributed by atoms with Gasteiger partial charge < -0.3 is 14.8 Å². The van der Waals surface area contributed by atoms with Crippen LogP contribution in [-0.2, 0) is 9.53 Å². The Labute approximate surface area is 154 Å². The number of hydrogen-bond acceptors (Lipinski definition) is 4. The smallest absolute Gasteiger partial charge is 0.338 e. The van der Waals surface area contributed by atoms with Gasteiger partial charge in [-0.3, -0.25) is 4.79 Å². The van der Waals surface area contributed by atoms with Gasteiger partial charge in [-0.1, -0.05) is 23.8 Å². The average molecular weight is 355 g/mol. The van der Waals surface area contributed by atoms with Crippen molar-refractivity contribution in [3.63, 3.8) is 0 Å². The molecule has 26 heavy (non-hydrogen) atoms. The monoisotopic (exact) mass is 355 g/mol. The summed E-state index contributed by atoms with van der Waals surface area (Å²) >= 11 is 0. The Morgan fingerprint density at radius 3 is 2.42 bits per heavy atom. The maximum Gasteiger partial charge on any atom is 0.338 e. The molecule has 0 unspecified atom stereocenters. The van der Waals surface area contributed by atoms with Crippen LogP contribution in [0.2, 0.25) is 0 Å². The first-order valence-electron chi connectivity index (χ1n) is 8.64. The fourth-order valence-electron chi connectivity index (χ4n) is 2.51. The molecule has 0 aliphatic rings. The minimum atomic E-state index is -0.679. The van der Waals surface area contributed by atoms with Gasteiger partial charge in [-0.15, -0.1) is 0 Å². The molecular weight excluding hydrogens is 330 g/mol. The number of hydrogen-bond donors (Lipinski definition) is 1. The van der Waals surface area contributed by atoms with Crippen molar-refractivity contribution in [1.29, 1.82) is 0 Å². The quantitative estimate of drug-likeness (QED) is 0.789. The second kappa shape index (κ2) is 8.52. The Morgan fingerprint density at radius 1 is 1.04 bits per heavy atom. The zero-order valence-corrected chi connectivity index (χ0v) is 15.9. The normalized spacial score (nSPS) is 11.6. The molecule has 0 radical (unpaired) electrons. The van der Waals surface area contributed by atoms with Crippen molar-refractivity contribution < 1.29 is 19.1 Å². The molecule has 5 nitrogen and oxygen atoms in total. The van der Waals surface area contributed by atoms with Crippen molar-refractivity contribution in [3.8, 4) is 5.75 Å². The van der Waals surface area contributed by atoms with Gasteiger partial charge in [0.15, 0.2) is 6.10 Å². The number of ether oxygens (including phenoxy) is 2. The van der Waals surface area contributed by atoms with E-state index < -0.39 is 12.1 Å². The number of carbonyl (C=O) groups excluding carboxylic acids is 2. The lowest BCUT2D eigenvalue weighted by atomic mass is 10.1. The van der Waals surface area contributed by atoms with Gasteiger partial charge in [0.25, 0.3) is 5.91 Å². The summed E-state index contributed by atoms with van der Waals surface area (Å²) in [6.45, 7) is 9.56. The van der Waals surface area contributed by atoms with Gasteiger partial charge in [-0.2, -0.15) is 0 Å². The highest BCUT2D eigenvalue weighted by molar-refractivity contribution is 5.97. The van der Waals surface area contributed by atoms with Crippen LogP contribution in [0.3, 0.4) is 0 Å². The molecule has 0 saturated heterocycles. The van der Waals surface area contributed by atoms with Crippen molar-refractivity contribution in [2.45, 2.75) is 40.7 Å². The predicted molar refractivity (Wildman–Crippen MR) is 102 cm³/mol. The number of nitrogens with one attached hydrogen (secondary N) is 1. The van der Waals surface area contributed by atoms with Gasteiger partial charge in [0.1, 0.15) is 5.75 Å². The Balaban J connectivity index is 2.10. The van der Waals surface area contributed by atoms with Gasteiger partial charge in [0.05, 0.1) is 12.2 Å². The summed E-state index contributed by atoms with van der Waals surface area (Å²) in [5.41, 5.74) is 3.93. The first-order valence-corrected chi connectivity index (χ1v) is 8.64. The zero-order chi connectivity index (χ0) is 19.3. The van der Waals surface area contributed by atoms with Crippen LogP contribution in [0, 0.1) is 20.8 Å². The lowest BCUT2D eigenvalue weighted by molar-refractivity contribution is -0.122. The SMILES string of the molecule is CCOC(=O)c1ccc(C)c(NC(=O)[C@@H](C)Oc2ccc(C)cc2C)c1. The van der Waals surface area contributed by atoms with Gasteiger partial charge in [-0.25, -0.2) is 4.79 Å². The van der Waals surface area contributed by atoms with Crippen LogP contribution >= 0.6 is 0 Å². The molecule has 0 heterocycles. The minimum Gasteiger partial charge on any atom is -0.481 e. The van der Waals surface area contributed by atoms with Crippen molar-refractivity contribution in [2.75, 3.05) is 11.9 Å². The van der Waals surface area contributed by atoms with Crippen LogP contribution in [0.25, 0.3) is 0 Å². The molecule has 2 aromatic rings. The molecule has 2 aromatic carbocycles. The Hall–Kier alpha value is -2.82. The summed E-state index contributed by atoms with van der Waals surface area (Å²) in [4.78, 5) is 24.4. The van der Waals surface area contributed by atoms with Gasteiger partial charge in [-0.05, 0) is 63.9 Å². The highest BCUT2D eigenvalue weighted by atomic mass is 16.5. The largest absolute Gasteiger partial charge is 0.481 e. The van der Waals surface area contributed by atoms with Crippen LogP contribution < -0.4 is 10.1 Å². The number of aryl methyl sites for hydroxylation is 3. The standard InChI is InChI=1S/C21H25NO4/c1-6-25-21(24)17-9-8-14(3)18(12-17)22-20(23)16(5)26-19-10-7-13(2)11-15(19)4/h7-12,16H,6H2,1-5H3,(H,22,23)/t16-/m1/s1. The molecule has 2 rings (SSSR count). The van der Waals surface area contributed by atoms with Crippen molar-refractivity contribution in [3.05, 3.63) is 58.7 Å². The summed E-state index contributed by atoms with van der Waals surface area (Å²) in [7, 11) is 0. The van der Waals surface area contributed by atoms with Gasteiger partial charge in [0, 0.05) is 5.69 Å². The summed E-state index contributed by atoms with van der Waals surface area (Å²) in [6.07, 6.45) is -0.679. The zero-order valence-electron chi connectivity index (χ0n) is 15.9. The molecule has 0 aliphatic heterocycles. The van der Waals surface area contributed by atoms with Gasteiger partial charge >= 0.3 is 5.97 Å². The Kier molecular flexibility index (Phi) is 6.39. The van der Waals surface area contributed by atoms with E-state index in [1.807, 2.05) is 39.0 Å². The third kappa shape index (κ3) is 4.85. The second-order valence-corrected chi connectivity index (χ2v) is 6.27. The summed E-state index contributed by atoms with van der Waals surface area (Å²) in [5, 5.41) is 2.83. The van der Waals surface area contributed by atoms with Crippen LogP contribution in [0.15, 0.2) is 36.4 Å². The van der Waals surface area contributed by atoms with Crippen LogP contribution in [-0.4, -0.2) is 24.6 Å². The highest BCUT2D eigenvalue weighted by Gasteiger charge is 2.18. The minimum absolute atomic E-state index is 0.283. The topological polar surface area (TPSA) is 64.6 Å². The molecule has 0 bridgehead atoms. The van der Waals surface area contributed by atoms with E-state index in [2.05, 4.69) is 5.32 Å². The van der Waals surface area contributed by atoms with Crippen molar-refractivity contribution in [2.24, 2.45) is 0 Å². The van der Waals surface area contributed by atoms with E-state index in [1.165, 1.54) is 0 Å². The van der Waals surface area contributed by atoms with E-state index in [4.69, 9.17) is 9.47 Å². The molecule has 138 valence electrons. The molecule has 0 spiro atoms. The van der Waals surface area contributed by atoms with Crippen LogP contribution in [0.5, 0.6) is 5.75 Å². The van der Waals surface area contributed by atoms with E-state index in [1.54, 1.807) is 32.0 Å². The highest BCUT2D eigenvalue weighted by Crippen LogP contribution is 2.22. The third-order valence-electron chi connectivity index (χ3n) is 4.01. The maximum atomic E-state index is 12.5. The molecule has 5 heteroatoms. The lowest BCUT2D eigenvalue weighted by Gasteiger charge is -2.17. The summed E-state index contributed by atoms with van der Waals surface area (Å²) in [5.74, 6) is -0.0214. The number of benzene rings is 2. The molecule has 1 amide bonds. The molecule has 1 atom stereocenters. The van der Waals surface area contributed by atoms with Gasteiger partial charge in [0.2, 0.25) is 0 Å². The summed E-state index contributed by atoms with van der Waals surface area (Å²) < 4.78 is 10.8. The average Bonchev–Trinajstić information content (AvgIpc) is 2.59. The number of amides is 1. The van der Waals surface area contributed by atoms with E-state index >= 15 is 0 Å². The van der Waals surface area contributed by atoms with E-state index in [9.17, 15) is 9.59 Å². The fraction of sp³-hybridized carbons (Fsp3) is 0.333. The number of esters is 1. The third-order valence-corrected chi connectivity index (χ3v) is 4.01. The van der Waals surface area contributed by atoms with E-state index in [-0.39, 0.29) is 5.91 Å². The summed E-state index contributed by atoms with van der Waals surface area (Å²) in [6, 6.07) is 10.9. The first-order chi connectivity index (χ1) is 12.3. The van der Waals surface area contributed by atoms with Crippen molar-refractivity contribution in [1.82, 2.24) is 0 Å². The Morgan fingerprint density at radius 2 is 1.77 bits per heavy atom. The second-order valence-electron chi connectivity index (χ2n) is 6.27. The molecule has 0 aliphatic carbocycles.